The van der Waals surface area contributed by atoms with E-state index in [0.29, 0.717) is 26.1 Å². The quantitative estimate of drug-likeness (QED) is 0.303. The van der Waals surface area contributed by atoms with E-state index in [1.165, 1.54) is 0 Å². The van der Waals surface area contributed by atoms with Gasteiger partial charge in [-0.2, -0.15) is 0 Å². The summed E-state index contributed by atoms with van der Waals surface area (Å²) in [5, 5.41) is 0. The zero-order valence-electron chi connectivity index (χ0n) is 22.3. The maximum Gasteiger partial charge on any atom is 0.310 e. The Kier molecular flexibility index (Phi) is 9.15. The maximum atomic E-state index is 13.9. The number of esters is 2. The summed E-state index contributed by atoms with van der Waals surface area (Å²) >= 11 is 0. The molecule has 1 aliphatic rings. The molecule has 0 amide bonds. The van der Waals surface area contributed by atoms with Gasteiger partial charge in [0.25, 0.3) is 0 Å². The third kappa shape index (κ3) is 5.32. The first-order valence-corrected chi connectivity index (χ1v) is 13.3. The van der Waals surface area contributed by atoms with Gasteiger partial charge < -0.3 is 9.47 Å². The van der Waals surface area contributed by atoms with Gasteiger partial charge in [-0.05, 0) is 46.9 Å². The van der Waals surface area contributed by atoms with Gasteiger partial charge in [0.05, 0.1) is 25.0 Å². The van der Waals surface area contributed by atoms with Crippen molar-refractivity contribution in [3.05, 3.63) is 59.7 Å². The zero-order chi connectivity index (χ0) is 25.6. The molecule has 35 heavy (non-hydrogen) atoms. The molecule has 0 saturated carbocycles. The molecular weight excluding hydrogens is 436 g/mol. The van der Waals surface area contributed by atoms with Crippen LogP contribution in [0.3, 0.4) is 0 Å². The lowest BCUT2D eigenvalue weighted by Crippen LogP contribution is -2.50. The van der Waals surface area contributed by atoms with Crippen LogP contribution in [0.4, 0.5) is 0 Å². The summed E-state index contributed by atoms with van der Waals surface area (Å²) in [6.07, 6.45) is 2.90. The molecule has 4 heteroatoms. The molecule has 0 saturated heterocycles. The highest BCUT2D eigenvalue weighted by Crippen LogP contribution is 2.59. The second-order valence-corrected chi connectivity index (χ2v) is 10.7. The standard InChI is InChI=1S/C31H42O4/c1-7-13-27(29(32)34-19-21(3)4)31(28(14-8-2)30(33)35-20-22(5)6)25-17-11-9-15-23(25)24-16-10-12-18-26(24)31/h9-12,15-18,21-22,27-28H,7-8,13-14,19-20H2,1-6H3. The van der Waals surface area contributed by atoms with E-state index in [0.717, 1.165) is 35.1 Å². The minimum Gasteiger partial charge on any atom is -0.465 e. The predicted octanol–water partition coefficient (Wildman–Crippen LogP) is 7.18. The van der Waals surface area contributed by atoms with Crippen LogP contribution in [0.5, 0.6) is 0 Å². The van der Waals surface area contributed by atoms with Crippen molar-refractivity contribution in [2.45, 2.75) is 72.6 Å². The minimum absolute atomic E-state index is 0.218. The fraction of sp³-hybridized carbons (Fsp3) is 0.548. The lowest BCUT2D eigenvalue weighted by molar-refractivity contribution is -0.159. The molecule has 190 valence electrons. The van der Waals surface area contributed by atoms with E-state index in [2.05, 4.69) is 38.1 Å². The Bertz CT molecular complexity index is 925. The number of rotatable bonds is 12. The summed E-state index contributed by atoms with van der Waals surface area (Å²) < 4.78 is 11.8. The van der Waals surface area contributed by atoms with E-state index in [1.54, 1.807) is 0 Å². The molecule has 0 N–H and O–H groups in total. The Balaban J connectivity index is 2.30. The van der Waals surface area contributed by atoms with Gasteiger partial charge in [0.2, 0.25) is 0 Å². The predicted molar refractivity (Wildman–Crippen MR) is 141 cm³/mol. The number of fused-ring (bicyclic) bond motifs is 3. The Morgan fingerprint density at radius 1 is 0.686 bits per heavy atom. The lowest BCUT2D eigenvalue weighted by Gasteiger charge is -2.43. The van der Waals surface area contributed by atoms with Crippen LogP contribution in [0, 0.1) is 23.7 Å². The van der Waals surface area contributed by atoms with Gasteiger partial charge in [-0.25, -0.2) is 0 Å². The van der Waals surface area contributed by atoms with Crippen LogP contribution in [0.2, 0.25) is 0 Å². The summed E-state index contributed by atoms with van der Waals surface area (Å²) in [4.78, 5) is 27.7. The average molecular weight is 479 g/mol. The summed E-state index contributed by atoms with van der Waals surface area (Å²) in [5.41, 5.74) is 3.45. The summed E-state index contributed by atoms with van der Waals surface area (Å²) in [5.74, 6) is -0.932. The smallest absolute Gasteiger partial charge is 0.310 e. The van der Waals surface area contributed by atoms with E-state index in [4.69, 9.17) is 9.47 Å². The lowest BCUT2D eigenvalue weighted by atomic mass is 9.58. The Labute approximate surface area is 211 Å². The van der Waals surface area contributed by atoms with Crippen molar-refractivity contribution in [2.75, 3.05) is 13.2 Å². The van der Waals surface area contributed by atoms with Crippen molar-refractivity contribution in [1.29, 1.82) is 0 Å². The highest BCUT2D eigenvalue weighted by atomic mass is 16.5. The molecule has 3 rings (SSSR count). The van der Waals surface area contributed by atoms with E-state index >= 15 is 0 Å². The van der Waals surface area contributed by atoms with Crippen molar-refractivity contribution in [1.82, 2.24) is 0 Å². The molecule has 0 spiro atoms. The number of benzene rings is 2. The summed E-state index contributed by atoms with van der Waals surface area (Å²) in [6.45, 7) is 13.1. The van der Waals surface area contributed by atoms with Gasteiger partial charge in [-0.3, -0.25) is 9.59 Å². The van der Waals surface area contributed by atoms with Crippen LogP contribution < -0.4 is 0 Å². The molecule has 2 aromatic carbocycles. The molecule has 2 unspecified atom stereocenters. The Morgan fingerprint density at radius 2 is 1.06 bits per heavy atom. The largest absolute Gasteiger partial charge is 0.465 e. The van der Waals surface area contributed by atoms with Crippen LogP contribution >= 0.6 is 0 Å². The number of carbonyl (C=O) groups is 2. The van der Waals surface area contributed by atoms with Crippen molar-refractivity contribution in [3.63, 3.8) is 0 Å². The second kappa shape index (κ2) is 11.9. The highest BCUT2D eigenvalue weighted by Gasteiger charge is 2.58. The monoisotopic (exact) mass is 478 g/mol. The molecule has 0 heterocycles. The molecule has 2 aromatic rings. The van der Waals surface area contributed by atoms with Crippen LogP contribution in [0.25, 0.3) is 11.1 Å². The van der Waals surface area contributed by atoms with Crippen molar-refractivity contribution < 1.29 is 19.1 Å². The molecule has 0 fully saturated rings. The van der Waals surface area contributed by atoms with E-state index in [1.807, 2.05) is 52.0 Å². The summed E-state index contributed by atoms with van der Waals surface area (Å²) in [6, 6.07) is 16.5. The van der Waals surface area contributed by atoms with E-state index in [-0.39, 0.29) is 23.8 Å². The first kappa shape index (κ1) is 27.0. The molecule has 1 aliphatic carbocycles. The number of ether oxygens (including phenoxy) is 2. The van der Waals surface area contributed by atoms with Gasteiger partial charge in [0.1, 0.15) is 0 Å². The van der Waals surface area contributed by atoms with Crippen molar-refractivity contribution in [3.8, 4) is 11.1 Å². The van der Waals surface area contributed by atoms with Crippen LogP contribution in [0.15, 0.2) is 48.5 Å². The first-order chi connectivity index (χ1) is 16.8. The average Bonchev–Trinajstić information content (AvgIpc) is 3.14. The molecule has 0 radical (unpaired) electrons. The third-order valence-corrected chi connectivity index (χ3v) is 6.98. The van der Waals surface area contributed by atoms with Gasteiger partial charge in [0, 0.05) is 5.41 Å². The van der Waals surface area contributed by atoms with Crippen LogP contribution in [-0.4, -0.2) is 25.2 Å². The SMILES string of the molecule is CCCC(C(=O)OCC(C)C)C1(C(CCC)C(=O)OCC(C)C)c2ccccc2-c2ccccc21. The Morgan fingerprint density at radius 3 is 1.40 bits per heavy atom. The molecular formula is C31H42O4. The van der Waals surface area contributed by atoms with Crippen molar-refractivity contribution in [2.24, 2.45) is 23.7 Å². The van der Waals surface area contributed by atoms with Crippen LogP contribution in [0.1, 0.15) is 78.4 Å². The van der Waals surface area contributed by atoms with E-state index < -0.39 is 17.3 Å². The minimum atomic E-state index is -0.832. The van der Waals surface area contributed by atoms with Gasteiger partial charge in [-0.1, -0.05) is 103 Å². The van der Waals surface area contributed by atoms with Gasteiger partial charge in [-0.15, -0.1) is 0 Å². The zero-order valence-corrected chi connectivity index (χ0v) is 22.3. The maximum absolute atomic E-state index is 13.9. The second-order valence-electron chi connectivity index (χ2n) is 10.7. The fourth-order valence-electron chi connectivity index (χ4n) is 5.64. The molecule has 2 atom stereocenters. The van der Waals surface area contributed by atoms with E-state index in [9.17, 15) is 9.59 Å². The van der Waals surface area contributed by atoms with Gasteiger partial charge >= 0.3 is 11.9 Å². The molecule has 0 aliphatic heterocycles. The molecule has 0 aromatic heterocycles. The topological polar surface area (TPSA) is 52.6 Å². The van der Waals surface area contributed by atoms with Gasteiger partial charge in [0.15, 0.2) is 0 Å². The van der Waals surface area contributed by atoms with Crippen molar-refractivity contribution >= 4 is 11.9 Å². The molecule has 0 bridgehead atoms. The summed E-state index contributed by atoms with van der Waals surface area (Å²) in [7, 11) is 0. The normalized spacial score (nSPS) is 15.4. The number of hydrogen-bond donors (Lipinski definition) is 0. The Hall–Kier alpha value is -2.62. The number of carbonyl (C=O) groups excluding carboxylic acids is 2. The third-order valence-electron chi connectivity index (χ3n) is 6.98. The number of hydrogen-bond acceptors (Lipinski definition) is 4. The highest BCUT2D eigenvalue weighted by molar-refractivity contribution is 5.90. The van der Waals surface area contributed by atoms with Crippen LogP contribution in [-0.2, 0) is 24.5 Å². The molecule has 4 nitrogen and oxygen atoms in total. The fourth-order valence-corrected chi connectivity index (χ4v) is 5.64. The first-order valence-electron chi connectivity index (χ1n) is 13.3.